The lowest BCUT2D eigenvalue weighted by Crippen LogP contribution is -2.41. The summed E-state index contributed by atoms with van der Waals surface area (Å²) in [6.45, 7) is 3.80. The first-order chi connectivity index (χ1) is 11.5. The molecule has 7 nitrogen and oxygen atoms in total. The summed E-state index contributed by atoms with van der Waals surface area (Å²) in [6.07, 6.45) is 4.83. The zero-order valence-corrected chi connectivity index (χ0v) is 13.5. The van der Waals surface area contributed by atoms with Gasteiger partial charge in [0.25, 0.3) is 5.91 Å². The monoisotopic (exact) mass is 329 g/mol. The lowest BCUT2D eigenvalue weighted by Gasteiger charge is -2.16. The van der Waals surface area contributed by atoms with E-state index in [2.05, 4.69) is 15.3 Å². The molecule has 0 aliphatic heterocycles. The number of benzene rings is 1. The maximum absolute atomic E-state index is 12.3. The van der Waals surface area contributed by atoms with Crippen molar-refractivity contribution in [2.24, 2.45) is 5.92 Å². The van der Waals surface area contributed by atoms with Crippen LogP contribution in [0.2, 0.25) is 0 Å². The molecule has 1 aromatic heterocycles. The smallest absolute Gasteiger partial charge is 0.326 e. The van der Waals surface area contributed by atoms with Crippen molar-refractivity contribution >= 4 is 11.9 Å². The minimum Gasteiger partial charge on any atom is -0.480 e. The first kappa shape index (κ1) is 17.4. The molecule has 1 amide bonds. The Hall–Kier alpha value is -2.96. The molecule has 0 aliphatic carbocycles. The molecule has 0 spiro atoms. The predicted molar refractivity (Wildman–Crippen MR) is 86.9 cm³/mol. The van der Waals surface area contributed by atoms with E-state index in [1.165, 1.54) is 24.7 Å². The second kappa shape index (κ2) is 8.05. The van der Waals surface area contributed by atoms with Crippen LogP contribution in [-0.4, -0.2) is 33.0 Å². The lowest BCUT2D eigenvalue weighted by molar-refractivity contribution is -0.139. The summed E-state index contributed by atoms with van der Waals surface area (Å²) in [5.74, 6) is -0.647. The highest BCUT2D eigenvalue weighted by Gasteiger charge is 2.21. The van der Waals surface area contributed by atoms with Crippen molar-refractivity contribution in [2.75, 3.05) is 0 Å². The highest BCUT2D eigenvalue weighted by Crippen LogP contribution is 2.19. The van der Waals surface area contributed by atoms with Crippen molar-refractivity contribution in [1.82, 2.24) is 15.3 Å². The minimum absolute atomic E-state index is 0.151. The Balaban J connectivity index is 2.09. The van der Waals surface area contributed by atoms with Crippen molar-refractivity contribution in [3.05, 3.63) is 48.4 Å². The first-order valence-corrected chi connectivity index (χ1v) is 7.53. The Morgan fingerprint density at radius 3 is 2.71 bits per heavy atom. The van der Waals surface area contributed by atoms with Gasteiger partial charge in [-0.2, -0.15) is 0 Å². The van der Waals surface area contributed by atoms with Crippen LogP contribution in [0.3, 0.4) is 0 Å². The number of carbonyl (C=O) groups is 2. The van der Waals surface area contributed by atoms with E-state index in [-0.39, 0.29) is 5.92 Å². The van der Waals surface area contributed by atoms with Gasteiger partial charge in [0, 0.05) is 18.0 Å². The summed E-state index contributed by atoms with van der Waals surface area (Å²) in [6, 6.07) is 5.51. The van der Waals surface area contributed by atoms with Crippen molar-refractivity contribution in [1.29, 1.82) is 0 Å². The van der Waals surface area contributed by atoms with Crippen molar-refractivity contribution in [3.8, 4) is 11.6 Å². The van der Waals surface area contributed by atoms with E-state index < -0.39 is 17.9 Å². The molecule has 1 heterocycles. The topological polar surface area (TPSA) is 101 Å². The van der Waals surface area contributed by atoms with Gasteiger partial charge in [-0.15, -0.1) is 0 Å². The average Bonchev–Trinajstić information content (AvgIpc) is 2.55. The van der Waals surface area contributed by atoms with Crippen molar-refractivity contribution in [3.63, 3.8) is 0 Å². The highest BCUT2D eigenvalue weighted by molar-refractivity contribution is 5.96. The second-order valence-corrected chi connectivity index (χ2v) is 5.67. The number of carbonyl (C=O) groups excluding carboxylic acids is 1. The number of nitrogens with zero attached hydrogens (tertiary/aromatic N) is 2. The van der Waals surface area contributed by atoms with Crippen LogP contribution >= 0.6 is 0 Å². The number of carboxylic acids is 1. The van der Waals surface area contributed by atoms with Gasteiger partial charge in [-0.05, 0) is 30.5 Å². The van der Waals surface area contributed by atoms with Crippen molar-refractivity contribution in [2.45, 2.75) is 26.3 Å². The van der Waals surface area contributed by atoms with Gasteiger partial charge in [0.05, 0.1) is 6.20 Å². The van der Waals surface area contributed by atoms with Gasteiger partial charge in [0.2, 0.25) is 5.88 Å². The Morgan fingerprint density at radius 2 is 2.08 bits per heavy atom. The summed E-state index contributed by atoms with van der Waals surface area (Å²) in [5.41, 5.74) is 0.311. The molecule has 0 radical (unpaired) electrons. The van der Waals surface area contributed by atoms with Crippen LogP contribution in [0.5, 0.6) is 11.6 Å². The molecule has 0 fully saturated rings. The third-order valence-electron chi connectivity index (χ3n) is 3.17. The van der Waals surface area contributed by atoms with E-state index >= 15 is 0 Å². The largest absolute Gasteiger partial charge is 0.480 e. The summed E-state index contributed by atoms with van der Waals surface area (Å²) >= 11 is 0. The predicted octanol–water partition coefficient (Wildman–Crippen LogP) is 2.50. The number of ether oxygens (including phenoxy) is 1. The molecule has 0 aliphatic rings. The lowest BCUT2D eigenvalue weighted by atomic mass is 10.0. The molecule has 2 N–H and O–H groups in total. The summed E-state index contributed by atoms with van der Waals surface area (Å²) in [5, 5.41) is 11.7. The Bertz CT molecular complexity index is 704. The highest BCUT2D eigenvalue weighted by atomic mass is 16.5. The third-order valence-corrected chi connectivity index (χ3v) is 3.17. The Kier molecular flexibility index (Phi) is 5.83. The Morgan fingerprint density at radius 1 is 1.29 bits per heavy atom. The van der Waals surface area contributed by atoms with Gasteiger partial charge in [-0.1, -0.05) is 19.9 Å². The van der Waals surface area contributed by atoms with Crippen LogP contribution in [0.25, 0.3) is 0 Å². The van der Waals surface area contributed by atoms with Crippen LogP contribution in [-0.2, 0) is 4.79 Å². The maximum Gasteiger partial charge on any atom is 0.326 e. The van der Waals surface area contributed by atoms with E-state index in [0.29, 0.717) is 23.6 Å². The molecular weight excluding hydrogens is 310 g/mol. The first-order valence-electron chi connectivity index (χ1n) is 7.53. The summed E-state index contributed by atoms with van der Waals surface area (Å²) in [4.78, 5) is 31.4. The molecule has 1 aromatic carbocycles. The summed E-state index contributed by atoms with van der Waals surface area (Å²) in [7, 11) is 0. The molecule has 126 valence electrons. The average molecular weight is 329 g/mol. The fourth-order valence-corrected chi connectivity index (χ4v) is 2.09. The molecule has 1 unspecified atom stereocenters. The molecule has 1 atom stereocenters. The minimum atomic E-state index is -1.05. The van der Waals surface area contributed by atoms with E-state index in [0.717, 1.165) is 0 Å². The van der Waals surface area contributed by atoms with Crippen LogP contribution in [0.4, 0.5) is 0 Å². The summed E-state index contributed by atoms with van der Waals surface area (Å²) < 4.78 is 5.52. The van der Waals surface area contributed by atoms with Gasteiger partial charge in [-0.3, -0.25) is 9.78 Å². The molecule has 0 bridgehead atoms. The van der Waals surface area contributed by atoms with Crippen molar-refractivity contribution < 1.29 is 19.4 Å². The van der Waals surface area contributed by atoms with Gasteiger partial charge in [0.15, 0.2) is 0 Å². The number of hydrogen-bond donors (Lipinski definition) is 2. The van der Waals surface area contributed by atoms with Gasteiger partial charge in [-0.25, -0.2) is 9.78 Å². The number of hydrogen-bond acceptors (Lipinski definition) is 5. The van der Waals surface area contributed by atoms with E-state index in [1.54, 1.807) is 18.2 Å². The standard InChI is InChI=1S/C17H19N3O4/c1-11(2)8-14(17(22)23)20-16(21)12-4-3-5-13(9-12)24-15-10-18-6-7-19-15/h3-7,9-11,14H,8H2,1-2H3,(H,20,21)(H,22,23). The molecular formula is C17H19N3O4. The van der Waals surface area contributed by atoms with Crippen LogP contribution in [0.15, 0.2) is 42.9 Å². The fourth-order valence-electron chi connectivity index (χ4n) is 2.09. The second-order valence-electron chi connectivity index (χ2n) is 5.67. The number of aromatic nitrogens is 2. The number of nitrogens with one attached hydrogen (secondary N) is 1. The zero-order chi connectivity index (χ0) is 17.5. The molecule has 7 heteroatoms. The maximum atomic E-state index is 12.3. The number of rotatable bonds is 7. The van der Waals surface area contributed by atoms with Gasteiger partial charge < -0.3 is 15.2 Å². The molecule has 0 saturated heterocycles. The number of carboxylic acid groups (broad SMARTS) is 1. The molecule has 24 heavy (non-hydrogen) atoms. The normalized spacial score (nSPS) is 11.8. The van der Waals surface area contributed by atoms with Gasteiger partial charge in [0.1, 0.15) is 11.8 Å². The Labute approximate surface area is 139 Å². The quantitative estimate of drug-likeness (QED) is 0.809. The van der Waals surface area contributed by atoms with Crippen LogP contribution in [0, 0.1) is 5.92 Å². The van der Waals surface area contributed by atoms with E-state index in [9.17, 15) is 14.7 Å². The zero-order valence-electron chi connectivity index (χ0n) is 13.5. The van der Waals surface area contributed by atoms with E-state index in [1.807, 2.05) is 13.8 Å². The SMILES string of the molecule is CC(C)CC(NC(=O)c1cccc(Oc2cnccn2)c1)C(=O)O. The molecule has 2 aromatic rings. The number of amides is 1. The van der Waals surface area contributed by atoms with Crippen LogP contribution in [0.1, 0.15) is 30.6 Å². The van der Waals surface area contributed by atoms with Crippen LogP contribution < -0.4 is 10.1 Å². The molecule has 0 saturated carbocycles. The fraction of sp³-hybridized carbons (Fsp3) is 0.294. The van der Waals surface area contributed by atoms with E-state index in [4.69, 9.17) is 4.74 Å². The third kappa shape index (κ3) is 5.05. The molecule has 2 rings (SSSR count). The number of aliphatic carboxylic acids is 1. The van der Waals surface area contributed by atoms with Gasteiger partial charge >= 0.3 is 5.97 Å².